The van der Waals surface area contributed by atoms with Crippen molar-refractivity contribution < 1.29 is 14.3 Å². The van der Waals surface area contributed by atoms with Gasteiger partial charge >= 0.3 is 5.97 Å². The fourth-order valence-electron chi connectivity index (χ4n) is 11.3. The minimum absolute atomic E-state index is 0.0279. The van der Waals surface area contributed by atoms with Gasteiger partial charge < -0.3 is 9.47 Å². The van der Waals surface area contributed by atoms with Crippen molar-refractivity contribution in [3.63, 3.8) is 0 Å². The van der Waals surface area contributed by atoms with Gasteiger partial charge in [-0.3, -0.25) is 0 Å². The SMILES string of the molecule is CC(C)=CCC/C(C)=C/CC/C(C)=C/COc1ccc(C(=O)OC2CC[C@@]3(C)C(=CC[C@H]4[C@@H]5CC[C@H]([C@H](C)CCCC(C)C)[C@@]5(C)CC[C@@H]43)C2)cc1. The van der Waals surface area contributed by atoms with Crippen LogP contribution in [0.25, 0.3) is 0 Å². The van der Waals surface area contributed by atoms with Gasteiger partial charge in [0.1, 0.15) is 18.5 Å². The lowest BCUT2D eigenvalue weighted by atomic mass is 9.47. The molecule has 0 N–H and O–H groups in total. The molecule has 0 aromatic heterocycles. The second-order valence-electron chi connectivity index (χ2n) is 18.9. The van der Waals surface area contributed by atoms with Gasteiger partial charge in [0, 0.05) is 6.42 Å². The van der Waals surface area contributed by atoms with Gasteiger partial charge in [0.2, 0.25) is 0 Å². The second kappa shape index (κ2) is 18.2. The molecule has 0 amide bonds. The van der Waals surface area contributed by atoms with Gasteiger partial charge in [-0.25, -0.2) is 4.79 Å². The van der Waals surface area contributed by atoms with Crippen molar-refractivity contribution in [3.8, 4) is 5.75 Å². The van der Waals surface area contributed by atoms with Crippen molar-refractivity contribution in [1.29, 1.82) is 0 Å². The molecule has 3 fully saturated rings. The average molecular weight is 711 g/mol. The lowest BCUT2D eigenvalue weighted by molar-refractivity contribution is -0.0594. The van der Waals surface area contributed by atoms with Crippen LogP contribution in [0.4, 0.5) is 0 Å². The van der Waals surface area contributed by atoms with Gasteiger partial charge in [-0.15, -0.1) is 0 Å². The fraction of sp³-hybridized carbons (Fsp3) is 0.694. The summed E-state index contributed by atoms with van der Waals surface area (Å²) in [5, 5.41) is 0. The van der Waals surface area contributed by atoms with Crippen LogP contribution < -0.4 is 4.74 Å². The maximum Gasteiger partial charge on any atom is 0.338 e. The Morgan fingerprint density at radius 1 is 0.846 bits per heavy atom. The summed E-state index contributed by atoms with van der Waals surface area (Å²) in [7, 11) is 0. The number of carbonyl (C=O) groups excluding carboxylic acids is 1. The summed E-state index contributed by atoms with van der Waals surface area (Å²) in [5.74, 6) is 5.63. The van der Waals surface area contributed by atoms with Crippen LogP contribution in [0.1, 0.15) is 169 Å². The molecule has 0 radical (unpaired) electrons. The van der Waals surface area contributed by atoms with Gasteiger partial charge in [-0.1, -0.05) is 94.4 Å². The first-order chi connectivity index (χ1) is 24.8. The lowest BCUT2D eigenvalue weighted by Gasteiger charge is -2.58. The maximum atomic E-state index is 13.3. The lowest BCUT2D eigenvalue weighted by Crippen LogP contribution is -2.51. The predicted octanol–water partition coefficient (Wildman–Crippen LogP) is 14.1. The van der Waals surface area contributed by atoms with E-state index in [1.165, 1.54) is 68.1 Å². The van der Waals surface area contributed by atoms with Crippen molar-refractivity contribution >= 4 is 5.97 Å². The topological polar surface area (TPSA) is 35.5 Å². The smallest absolute Gasteiger partial charge is 0.338 e. The Kier molecular flexibility index (Phi) is 14.2. The molecule has 0 aliphatic heterocycles. The first-order valence-corrected chi connectivity index (χ1v) is 21.4. The van der Waals surface area contributed by atoms with E-state index in [9.17, 15) is 4.79 Å². The van der Waals surface area contributed by atoms with E-state index >= 15 is 0 Å². The number of carbonyl (C=O) groups is 1. The van der Waals surface area contributed by atoms with Crippen LogP contribution in [0.15, 0.2) is 70.9 Å². The van der Waals surface area contributed by atoms with Crippen molar-refractivity contribution in [3.05, 3.63) is 76.4 Å². The third-order valence-corrected chi connectivity index (χ3v) is 14.4. The van der Waals surface area contributed by atoms with Gasteiger partial charge in [-0.2, -0.15) is 0 Å². The van der Waals surface area contributed by atoms with Gasteiger partial charge in [0.15, 0.2) is 0 Å². The molecule has 0 bridgehead atoms. The molecule has 4 aliphatic carbocycles. The number of benzene rings is 1. The zero-order valence-corrected chi connectivity index (χ0v) is 34.7. The number of rotatable bonds is 16. The summed E-state index contributed by atoms with van der Waals surface area (Å²) in [6.45, 7) is 21.8. The fourth-order valence-corrected chi connectivity index (χ4v) is 11.3. The summed E-state index contributed by atoms with van der Waals surface area (Å²) >= 11 is 0. The Morgan fingerprint density at radius 2 is 1.56 bits per heavy atom. The highest BCUT2D eigenvalue weighted by Crippen LogP contribution is 2.67. The number of ether oxygens (including phenoxy) is 2. The van der Waals surface area contributed by atoms with E-state index in [1.54, 1.807) is 5.57 Å². The van der Waals surface area contributed by atoms with E-state index in [0.717, 1.165) is 86.2 Å². The molecule has 3 heteroatoms. The minimum atomic E-state index is -0.206. The molecule has 3 nitrogen and oxygen atoms in total. The van der Waals surface area contributed by atoms with Crippen molar-refractivity contribution in [2.45, 2.75) is 165 Å². The second-order valence-corrected chi connectivity index (χ2v) is 18.9. The third kappa shape index (κ3) is 9.95. The third-order valence-electron chi connectivity index (χ3n) is 14.4. The van der Waals surface area contributed by atoms with E-state index in [0.29, 0.717) is 17.6 Å². The Hall–Kier alpha value is -2.55. The molecule has 1 unspecified atom stereocenters. The molecule has 0 saturated heterocycles. The van der Waals surface area contributed by atoms with Crippen LogP contribution in [-0.2, 0) is 4.74 Å². The van der Waals surface area contributed by atoms with Crippen molar-refractivity contribution in [2.24, 2.45) is 46.3 Å². The molecule has 4 aliphatic rings. The molecular formula is C49H74O3. The summed E-state index contributed by atoms with van der Waals surface area (Å²) < 4.78 is 12.2. The summed E-state index contributed by atoms with van der Waals surface area (Å²) in [6.07, 6.45) is 27.9. The molecule has 288 valence electrons. The Bertz CT molecular complexity index is 1450. The standard InChI is InChI=1S/C49H74O3/c1-34(2)13-10-15-36(5)16-12-17-37(6)29-32-51-41-22-19-39(20-23-41)47(50)52-42-27-30-48(8)40(33-42)21-24-43-45-26-25-44(38(7)18-11-14-35(3)4)49(45,9)31-28-46(43)48/h13,16,19-23,29,35,38,42-46H,10-12,14-15,17-18,24-28,30-33H2,1-9H3/b36-16+,37-29+/t38-,42?,43+,44-,45+,46+,48+,49-/m1/s1. The first-order valence-electron chi connectivity index (χ1n) is 21.4. The van der Waals surface area contributed by atoms with E-state index in [4.69, 9.17) is 9.47 Å². The van der Waals surface area contributed by atoms with Gasteiger partial charge in [-0.05, 0) is 175 Å². The van der Waals surface area contributed by atoms with Gasteiger partial charge in [0.25, 0.3) is 0 Å². The monoisotopic (exact) mass is 711 g/mol. The molecule has 3 saturated carbocycles. The van der Waals surface area contributed by atoms with Crippen LogP contribution in [0, 0.1) is 46.3 Å². The van der Waals surface area contributed by atoms with E-state index in [1.807, 2.05) is 24.3 Å². The minimum Gasteiger partial charge on any atom is -0.490 e. The maximum absolute atomic E-state index is 13.3. The number of esters is 1. The number of allylic oxidation sites excluding steroid dienone is 6. The highest BCUT2D eigenvalue weighted by atomic mass is 16.5. The van der Waals surface area contributed by atoms with Crippen molar-refractivity contribution in [2.75, 3.05) is 6.61 Å². The molecule has 0 spiro atoms. The summed E-state index contributed by atoms with van der Waals surface area (Å²) in [5.41, 5.74) is 7.17. The normalized spacial score (nSPS) is 30.9. The highest BCUT2D eigenvalue weighted by molar-refractivity contribution is 5.89. The highest BCUT2D eigenvalue weighted by Gasteiger charge is 2.59. The summed E-state index contributed by atoms with van der Waals surface area (Å²) in [6, 6.07) is 7.51. The Morgan fingerprint density at radius 3 is 2.27 bits per heavy atom. The van der Waals surface area contributed by atoms with E-state index in [2.05, 4.69) is 86.6 Å². The van der Waals surface area contributed by atoms with Crippen LogP contribution in [0.3, 0.4) is 0 Å². The molecule has 1 aromatic rings. The molecular weight excluding hydrogens is 637 g/mol. The largest absolute Gasteiger partial charge is 0.490 e. The molecule has 8 atom stereocenters. The first kappa shape index (κ1) is 40.6. The average Bonchev–Trinajstić information content (AvgIpc) is 3.45. The van der Waals surface area contributed by atoms with E-state index < -0.39 is 0 Å². The number of hydrogen-bond acceptors (Lipinski definition) is 3. The van der Waals surface area contributed by atoms with Crippen LogP contribution in [0.2, 0.25) is 0 Å². The van der Waals surface area contributed by atoms with Crippen molar-refractivity contribution in [1.82, 2.24) is 0 Å². The van der Waals surface area contributed by atoms with Gasteiger partial charge in [0.05, 0.1) is 5.56 Å². The molecule has 0 heterocycles. The van der Waals surface area contributed by atoms with Crippen LogP contribution >= 0.6 is 0 Å². The zero-order chi connectivity index (χ0) is 37.5. The van der Waals surface area contributed by atoms with Crippen LogP contribution in [-0.4, -0.2) is 18.7 Å². The molecule has 52 heavy (non-hydrogen) atoms. The quantitative estimate of drug-likeness (QED) is 0.127. The molecule has 5 rings (SSSR count). The summed E-state index contributed by atoms with van der Waals surface area (Å²) in [4.78, 5) is 13.3. The number of fused-ring (bicyclic) bond motifs is 5. The molecule has 1 aromatic carbocycles. The van der Waals surface area contributed by atoms with Crippen LogP contribution in [0.5, 0.6) is 5.75 Å². The predicted molar refractivity (Wildman–Crippen MR) is 220 cm³/mol. The Labute approximate surface area is 319 Å². The van der Waals surface area contributed by atoms with E-state index in [-0.39, 0.29) is 17.5 Å². The number of hydrogen-bond donors (Lipinski definition) is 0. The Balaban J connectivity index is 1.08. The zero-order valence-electron chi connectivity index (χ0n) is 34.7.